The second-order valence-corrected chi connectivity index (χ2v) is 4.51. The van der Waals surface area contributed by atoms with E-state index < -0.39 is 0 Å². The zero-order chi connectivity index (χ0) is 12.1. The summed E-state index contributed by atoms with van der Waals surface area (Å²) in [5.74, 6) is 0.934. The maximum absolute atomic E-state index is 5.76. The fourth-order valence-electron chi connectivity index (χ4n) is 2.12. The van der Waals surface area contributed by atoms with Crippen LogP contribution < -0.4 is 10.5 Å². The molecule has 0 bridgehead atoms. The van der Waals surface area contributed by atoms with Crippen LogP contribution in [0.2, 0.25) is 0 Å². The summed E-state index contributed by atoms with van der Waals surface area (Å²) < 4.78 is 11.5. The van der Waals surface area contributed by atoms with Gasteiger partial charge in [0.1, 0.15) is 12.4 Å². The third-order valence-electron chi connectivity index (χ3n) is 3.20. The zero-order valence-electron chi connectivity index (χ0n) is 10.4. The molecule has 1 aromatic carbocycles. The van der Waals surface area contributed by atoms with Gasteiger partial charge in [0.05, 0.1) is 12.2 Å². The van der Waals surface area contributed by atoms with E-state index in [1.54, 1.807) is 0 Å². The molecular weight excluding hydrogens is 214 g/mol. The number of hydrogen-bond acceptors (Lipinski definition) is 3. The Morgan fingerprint density at radius 1 is 1.35 bits per heavy atom. The highest BCUT2D eigenvalue weighted by Crippen LogP contribution is 2.21. The van der Waals surface area contributed by atoms with Crippen LogP contribution in [0.15, 0.2) is 24.3 Å². The van der Waals surface area contributed by atoms with Crippen LogP contribution in [-0.4, -0.2) is 25.4 Å². The third kappa shape index (κ3) is 3.45. The molecule has 94 valence electrons. The van der Waals surface area contributed by atoms with E-state index in [-0.39, 0.29) is 12.2 Å². The van der Waals surface area contributed by atoms with Crippen molar-refractivity contribution in [3.05, 3.63) is 29.8 Å². The van der Waals surface area contributed by atoms with Crippen molar-refractivity contribution >= 4 is 0 Å². The SMILES string of the molecule is CCc1cccc(OCC2CCC(CN)O2)c1. The Bertz CT molecular complexity index is 354. The van der Waals surface area contributed by atoms with Crippen molar-refractivity contribution in [3.8, 4) is 5.75 Å². The highest BCUT2D eigenvalue weighted by Gasteiger charge is 2.24. The number of benzene rings is 1. The van der Waals surface area contributed by atoms with E-state index in [4.69, 9.17) is 15.2 Å². The van der Waals surface area contributed by atoms with Crippen molar-refractivity contribution in [1.29, 1.82) is 0 Å². The number of ether oxygens (including phenoxy) is 2. The lowest BCUT2D eigenvalue weighted by Gasteiger charge is -2.14. The first-order valence-corrected chi connectivity index (χ1v) is 6.39. The number of nitrogens with two attached hydrogens (primary N) is 1. The minimum Gasteiger partial charge on any atom is -0.491 e. The predicted molar refractivity (Wildman–Crippen MR) is 68.3 cm³/mol. The monoisotopic (exact) mass is 235 g/mol. The lowest BCUT2D eigenvalue weighted by Crippen LogP contribution is -2.23. The van der Waals surface area contributed by atoms with Gasteiger partial charge in [0, 0.05) is 6.54 Å². The lowest BCUT2D eigenvalue weighted by molar-refractivity contribution is 0.0222. The summed E-state index contributed by atoms with van der Waals surface area (Å²) >= 11 is 0. The van der Waals surface area contributed by atoms with Crippen LogP contribution >= 0.6 is 0 Å². The van der Waals surface area contributed by atoms with Gasteiger partial charge in [0.15, 0.2) is 0 Å². The van der Waals surface area contributed by atoms with Crippen LogP contribution in [0.1, 0.15) is 25.3 Å². The molecule has 1 fully saturated rings. The Morgan fingerprint density at radius 3 is 2.88 bits per heavy atom. The van der Waals surface area contributed by atoms with Gasteiger partial charge in [0.2, 0.25) is 0 Å². The first kappa shape index (κ1) is 12.4. The van der Waals surface area contributed by atoms with Crippen molar-refractivity contribution in [2.24, 2.45) is 5.73 Å². The molecule has 17 heavy (non-hydrogen) atoms. The molecule has 2 N–H and O–H groups in total. The van der Waals surface area contributed by atoms with Crippen molar-refractivity contribution in [2.75, 3.05) is 13.2 Å². The number of rotatable bonds is 5. The van der Waals surface area contributed by atoms with Gasteiger partial charge >= 0.3 is 0 Å². The highest BCUT2D eigenvalue weighted by atomic mass is 16.5. The Morgan fingerprint density at radius 2 is 2.18 bits per heavy atom. The highest BCUT2D eigenvalue weighted by molar-refractivity contribution is 5.28. The molecule has 1 heterocycles. The first-order valence-electron chi connectivity index (χ1n) is 6.39. The van der Waals surface area contributed by atoms with E-state index in [0.717, 1.165) is 25.0 Å². The van der Waals surface area contributed by atoms with Crippen LogP contribution in [0.5, 0.6) is 5.75 Å². The van der Waals surface area contributed by atoms with Gasteiger partial charge in [-0.2, -0.15) is 0 Å². The smallest absolute Gasteiger partial charge is 0.119 e. The summed E-state index contributed by atoms with van der Waals surface area (Å²) in [6.07, 6.45) is 3.57. The van der Waals surface area contributed by atoms with Gasteiger partial charge in [-0.05, 0) is 37.0 Å². The Labute approximate surface area is 103 Å². The van der Waals surface area contributed by atoms with E-state index in [1.807, 2.05) is 12.1 Å². The third-order valence-corrected chi connectivity index (χ3v) is 3.20. The van der Waals surface area contributed by atoms with E-state index in [0.29, 0.717) is 13.2 Å². The average molecular weight is 235 g/mol. The molecule has 2 atom stereocenters. The number of aryl methyl sites for hydroxylation is 1. The largest absolute Gasteiger partial charge is 0.491 e. The second-order valence-electron chi connectivity index (χ2n) is 4.51. The van der Waals surface area contributed by atoms with E-state index >= 15 is 0 Å². The molecule has 0 spiro atoms. The molecule has 0 amide bonds. The fraction of sp³-hybridized carbons (Fsp3) is 0.571. The summed E-state index contributed by atoms with van der Waals surface area (Å²) in [5, 5.41) is 0. The van der Waals surface area contributed by atoms with Crippen LogP contribution in [0, 0.1) is 0 Å². The van der Waals surface area contributed by atoms with Crippen molar-refractivity contribution in [1.82, 2.24) is 0 Å². The van der Waals surface area contributed by atoms with Gasteiger partial charge < -0.3 is 15.2 Å². The fourth-order valence-corrected chi connectivity index (χ4v) is 2.12. The quantitative estimate of drug-likeness (QED) is 0.850. The zero-order valence-corrected chi connectivity index (χ0v) is 10.4. The van der Waals surface area contributed by atoms with Crippen LogP contribution in [0.25, 0.3) is 0 Å². The van der Waals surface area contributed by atoms with E-state index in [9.17, 15) is 0 Å². The van der Waals surface area contributed by atoms with Crippen LogP contribution in [0.4, 0.5) is 0 Å². The molecule has 2 unspecified atom stereocenters. The summed E-state index contributed by atoms with van der Waals surface area (Å²) in [4.78, 5) is 0. The first-order chi connectivity index (χ1) is 8.31. The standard InChI is InChI=1S/C14H21NO2/c1-2-11-4-3-5-12(8-11)16-10-14-7-6-13(9-15)17-14/h3-5,8,13-14H,2,6-7,9-10,15H2,1H3. The molecular formula is C14H21NO2. The van der Waals surface area contributed by atoms with Gasteiger partial charge in [-0.25, -0.2) is 0 Å². The average Bonchev–Trinajstić information content (AvgIpc) is 2.84. The molecule has 1 aliphatic heterocycles. The molecule has 3 heteroatoms. The van der Waals surface area contributed by atoms with E-state index in [2.05, 4.69) is 19.1 Å². The summed E-state index contributed by atoms with van der Waals surface area (Å²) in [6, 6.07) is 8.24. The van der Waals surface area contributed by atoms with Crippen molar-refractivity contribution in [3.63, 3.8) is 0 Å². The van der Waals surface area contributed by atoms with Gasteiger partial charge in [-0.1, -0.05) is 19.1 Å². The van der Waals surface area contributed by atoms with Crippen molar-refractivity contribution < 1.29 is 9.47 Å². The Balaban J connectivity index is 1.81. The molecule has 2 rings (SSSR count). The molecule has 1 aromatic rings. The molecule has 3 nitrogen and oxygen atoms in total. The Kier molecular flexibility index (Phi) is 4.40. The normalized spacial score (nSPS) is 23.9. The molecule has 1 saturated heterocycles. The molecule has 0 aliphatic carbocycles. The minimum atomic E-state index is 0.203. The van der Waals surface area contributed by atoms with Crippen LogP contribution in [0.3, 0.4) is 0 Å². The number of hydrogen-bond donors (Lipinski definition) is 1. The maximum Gasteiger partial charge on any atom is 0.119 e. The molecule has 0 radical (unpaired) electrons. The molecule has 1 aliphatic rings. The summed E-state index contributed by atoms with van der Waals surface area (Å²) in [5.41, 5.74) is 6.88. The predicted octanol–water partition coefficient (Wildman–Crippen LogP) is 2.13. The topological polar surface area (TPSA) is 44.5 Å². The maximum atomic E-state index is 5.76. The Hall–Kier alpha value is -1.06. The van der Waals surface area contributed by atoms with Gasteiger partial charge in [-0.3, -0.25) is 0 Å². The van der Waals surface area contributed by atoms with Gasteiger partial charge in [0.25, 0.3) is 0 Å². The minimum absolute atomic E-state index is 0.203. The summed E-state index contributed by atoms with van der Waals surface area (Å²) in [7, 11) is 0. The molecule has 0 saturated carbocycles. The summed E-state index contributed by atoms with van der Waals surface area (Å²) in [6.45, 7) is 3.39. The second kappa shape index (κ2) is 6.03. The van der Waals surface area contributed by atoms with Crippen LogP contribution in [-0.2, 0) is 11.2 Å². The van der Waals surface area contributed by atoms with E-state index in [1.165, 1.54) is 5.56 Å². The molecule has 0 aromatic heterocycles. The van der Waals surface area contributed by atoms with Gasteiger partial charge in [-0.15, -0.1) is 0 Å². The lowest BCUT2D eigenvalue weighted by atomic mass is 10.1. The van der Waals surface area contributed by atoms with Crippen molar-refractivity contribution in [2.45, 2.75) is 38.4 Å².